The average molecular weight is 492 g/mol. The lowest BCUT2D eigenvalue weighted by Crippen LogP contribution is -2.36. The van der Waals surface area contributed by atoms with E-state index in [4.69, 9.17) is 15.0 Å². The minimum atomic E-state index is -5.24. The third-order valence-corrected chi connectivity index (χ3v) is 6.13. The summed E-state index contributed by atoms with van der Waals surface area (Å²) in [5, 5.41) is 0. The molecule has 3 aromatic heterocycles. The molecule has 1 fully saturated rings. The monoisotopic (exact) mass is 492 g/mol. The lowest BCUT2D eigenvalue weighted by Gasteiger charge is -2.19. The number of fused-ring (bicyclic) bond motifs is 1. The second-order valence-corrected chi connectivity index (χ2v) is 8.84. The van der Waals surface area contributed by atoms with Crippen LogP contribution in [0.2, 0.25) is 0 Å². The number of hydrogen-bond donors (Lipinski definition) is 2. The number of carbonyl (C=O) groups is 1. The Morgan fingerprint density at radius 3 is 2.85 bits per heavy atom. The molecule has 33 heavy (non-hydrogen) atoms. The highest BCUT2D eigenvalue weighted by atomic mass is 31.2. The quantitative estimate of drug-likeness (QED) is 0.281. The number of rotatable bonds is 6. The van der Waals surface area contributed by atoms with Gasteiger partial charge in [-0.1, -0.05) is 0 Å². The van der Waals surface area contributed by atoms with E-state index in [0.717, 1.165) is 4.34 Å². The zero-order chi connectivity index (χ0) is 24.0. The normalized spacial score (nSPS) is 23.0. The van der Waals surface area contributed by atoms with Crippen LogP contribution < -0.4 is 10.3 Å². The van der Waals surface area contributed by atoms with Crippen molar-refractivity contribution in [2.24, 2.45) is 7.05 Å². The van der Waals surface area contributed by atoms with Crippen molar-refractivity contribution in [2.45, 2.75) is 31.0 Å². The van der Waals surface area contributed by atoms with Crippen molar-refractivity contribution >= 4 is 30.7 Å². The van der Waals surface area contributed by atoms with Gasteiger partial charge in [0.05, 0.1) is 20.0 Å². The summed E-state index contributed by atoms with van der Waals surface area (Å²) in [4.78, 5) is 33.5. The zero-order valence-electron chi connectivity index (χ0n) is 16.9. The van der Waals surface area contributed by atoms with Crippen LogP contribution >= 0.6 is 7.75 Å². The van der Waals surface area contributed by atoms with Gasteiger partial charge in [0.15, 0.2) is 11.5 Å². The molecule has 4 atom stereocenters. The summed E-state index contributed by atoms with van der Waals surface area (Å²) in [6.07, 6.45) is -2.69. The molecule has 178 valence electrons. The standard InChI is InChI=1S/C16H17F3N7O6P/c1-24-2-3-25(8-24)33(28,29)30-5-10-9(32-15(27)16(17,18)19)4-11(31-10)26-7-23-12-13(20)21-6-22-14(12)26/h2-3,6-11H,4-5H2,1H3,(H2-,20,21,22,28,29)/p+1. The molecule has 0 radical (unpaired) electrons. The van der Waals surface area contributed by atoms with E-state index in [0.29, 0.717) is 0 Å². The third-order valence-electron chi connectivity index (χ3n) is 4.82. The first kappa shape index (κ1) is 23.1. The van der Waals surface area contributed by atoms with Crippen LogP contribution in [0.1, 0.15) is 12.6 Å². The maximum absolute atomic E-state index is 12.8. The first-order valence-corrected chi connectivity index (χ1v) is 10.9. The molecule has 0 bridgehead atoms. The fourth-order valence-electron chi connectivity index (χ4n) is 3.25. The largest absolute Gasteiger partial charge is 0.525 e. The maximum atomic E-state index is 12.8. The number of halogens is 3. The molecule has 3 aromatic rings. The molecule has 4 heterocycles. The first-order chi connectivity index (χ1) is 15.5. The summed E-state index contributed by atoms with van der Waals surface area (Å²) in [6, 6.07) is 0. The molecular formula is C16H18F3N7O6P+. The number of hydrogen-bond acceptors (Lipinski definition) is 9. The fourth-order valence-corrected chi connectivity index (χ4v) is 4.25. The van der Waals surface area contributed by atoms with Crippen molar-refractivity contribution < 1.29 is 46.0 Å². The van der Waals surface area contributed by atoms with Gasteiger partial charge < -0.3 is 15.2 Å². The zero-order valence-corrected chi connectivity index (χ0v) is 17.8. The highest BCUT2D eigenvalue weighted by molar-refractivity contribution is 7.51. The minimum absolute atomic E-state index is 0.0813. The van der Waals surface area contributed by atoms with Crippen molar-refractivity contribution in [3.63, 3.8) is 0 Å². The molecule has 3 N–H and O–H groups in total. The van der Waals surface area contributed by atoms with Crippen molar-refractivity contribution in [3.05, 3.63) is 31.4 Å². The molecule has 13 nitrogen and oxygen atoms in total. The number of nitrogens with zero attached hydrogens (tertiary/aromatic N) is 6. The lowest BCUT2D eigenvalue weighted by atomic mass is 10.2. The van der Waals surface area contributed by atoms with E-state index >= 15 is 0 Å². The molecule has 1 saturated heterocycles. The summed E-state index contributed by atoms with van der Waals surface area (Å²) in [7, 11) is -2.79. The number of nitrogen functional groups attached to an aromatic ring is 1. The number of alkyl halides is 3. The van der Waals surface area contributed by atoms with Crippen LogP contribution in [-0.2, 0) is 30.4 Å². The Hall–Kier alpha value is -3.07. The van der Waals surface area contributed by atoms with Gasteiger partial charge in [-0.15, -0.1) is 4.34 Å². The predicted octanol–water partition coefficient (Wildman–Crippen LogP) is 0.461. The summed E-state index contributed by atoms with van der Waals surface area (Å²) >= 11 is 0. The maximum Gasteiger partial charge on any atom is 0.525 e. The molecule has 0 saturated carbocycles. The highest BCUT2D eigenvalue weighted by Crippen LogP contribution is 2.44. The Balaban J connectivity index is 1.56. The molecule has 17 heteroatoms. The number of esters is 1. The van der Waals surface area contributed by atoms with Crippen LogP contribution in [0.15, 0.2) is 31.4 Å². The molecule has 1 aliphatic heterocycles. The number of aryl methyl sites for hydroxylation is 1. The molecule has 4 rings (SSSR count). The Kier molecular flexibility index (Phi) is 5.86. The van der Waals surface area contributed by atoms with E-state index in [1.807, 2.05) is 0 Å². The molecule has 0 aromatic carbocycles. The van der Waals surface area contributed by atoms with Crippen molar-refractivity contribution in [3.8, 4) is 0 Å². The van der Waals surface area contributed by atoms with Crippen LogP contribution in [0.3, 0.4) is 0 Å². The lowest BCUT2D eigenvalue weighted by molar-refractivity contribution is -0.670. The predicted molar refractivity (Wildman–Crippen MR) is 101 cm³/mol. The minimum Gasteiger partial charge on any atom is -0.453 e. The highest BCUT2D eigenvalue weighted by Gasteiger charge is 2.47. The SMILES string of the molecule is C[n+]1ccn(P(=O)(O)OCC2OC(n3cnc4c(N)ncnc43)CC2OC(=O)C(F)(F)F)c1. The Labute approximate surface area is 183 Å². The molecule has 0 amide bonds. The van der Waals surface area contributed by atoms with Gasteiger partial charge in [-0.3, -0.25) is 14.0 Å². The van der Waals surface area contributed by atoms with E-state index in [-0.39, 0.29) is 23.4 Å². The summed E-state index contributed by atoms with van der Waals surface area (Å²) in [5.41, 5.74) is 6.22. The number of ether oxygens (including phenoxy) is 2. The van der Waals surface area contributed by atoms with E-state index in [1.54, 1.807) is 7.05 Å². The number of anilines is 1. The Morgan fingerprint density at radius 2 is 2.18 bits per heavy atom. The van der Waals surface area contributed by atoms with Gasteiger partial charge >= 0.3 is 19.9 Å². The molecular weight excluding hydrogens is 474 g/mol. The fraction of sp³-hybridized carbons (Fsp3) is 0.438. The van der Waals surface area contributed by atoms with Crippen LogP contribution in [0, 0.1) is 0 Å². The Bertz CT molecular complexity index is 1230. The second kappa shape index (κ2) is 8.37. The third kappa shape index (κ3) is 4.68. The van der Waals surface area contributed by atoms with Gasteiger partial charge in [-0.2, -0.15) is 13.2 Å². The number of imidazole rings is 2. The molecule has 4 unspecified atom stereocenters. The topological polar surface area (TPSA) is 160 Å². The van der Waals surface area contributed by atoms with Crippen LogP contribution in [0.5, 0.6) is 0 Å². The number of carbonyl (C=O) groups excluding carboxylic acids is 1. The summed E-state index contributed by atoms with van der Waals surface area (Å²) < 4.78 is 69.9. The number of aromatic nitrogens is 6. The van der Waals surface area contributed by atoms with Crippen molar-refractivity contribution in [2.75, 3.05) is 12.3 Å². The summed E-state index contributed by atoms with van der Waals surface area (Å²) in [6.45, 7) is -0.647. The van der Waals surface area contributed by atoms with Gasteiger partial charge in [0.25, 0.3) is 6.33 Å². The van der Waals surface area contributed by atoms with Crippen LogP contribution in [-0.4, -0.2) is 59.7 Å². The average Bonchev–Trinajstić information content (AvgIpc) is 3.44. The van der Waals surface area contributed by atoms with Crippen LogP contribution in [0.4, 0.5) is 19.0 Å². The molecule has 0 spiro atoms. The van der Waals surface area contributed by atoms with Crippen molar-refractivity contribution in [1.29, 1.82) is 0 Å². The van der Waals surface area contributed by atoms with Crippen LogP contribution in [0.25, 0.3) is 11.2 Å². The van der Waals surface area contributed by atoms with Gasteiger partial charge in [-0.25, -0.2) is 28.9 Å². The van der Waals surface area contributed by atoms with Crippen molar-refractivity contribution in [1.82, 2.24) is 23.9 Å². The molecule has 0 aliphatic carbocycles. The van der Waals surface area contributed by atoms with E-state index in [2.05, 4.69) is 19.7 Å². The van der Waals surface area contributed by atoms with Gasteiger partial charge in [-0.05, 0) is 0 Å². The number of nitrogens with two attached hydrogens (primary N) is 1. The van der Waals surface area contributed by atoms with E-state index < -0.39 is 44.9 Å². The van der Waals surface area contributed by atoms with Gasteiger partial charge in [0.2, 0.25) is 0 Å². The second-order valence-electron chi connectivity index (χ2n) is 7.13. The molecule has 1 aliphatic rings. The smallest absolute Gasteiger partial charge is 0.453 e. The van der Waals surface area contributed by atoms with Gasteiger partial charge in [0, 0.05) is 6.42 Å². The first-order valence-electron chi connectivity index (χ1n) is 9.33. The van der Waals surface area contributed by atoms with E-state index in [1.165, 1.54) is 40.5 Å². The van der Waals surface area contributed by atoms with E-state index in [9.17, 15) is 27.4 Å². The summed E-state index contributed by atoms with van der Waals surface area (Å²) in [5.74, 6) is -2.34. The Morgan fingerprint density at radius 1 is 1.42 bits per heavy atom. The van der Waals surface area contributed by atoms with Gasteiger partial charge in [0.1, 0.15) is 42.7 Å².